The van der Waals surface area contributed by atoms with E-state index in [-0.39, 0.29) is 18.3 Å². The maximum absolute atomic E-state index is 13.1. The Morgan fingerprint density at radius 1 is 1.23 bits per heavy atom. The highest BCUT2D eigenvalue weighted by molar-refractivity contribution is 5.97. The summed E-state index contributed by atoms with van der Waals surface area (Å²) in [6.45, 7) is 2.47. The van der Waals surface area contributed by atoms with Crippen LogP contribution >= 0.6 is 0 Å². The summed E-state index contributed by atoms with van der Waals surface area (Å²) in [5.74, 6) is -0.441. The van der Waals surface area contributed by atoms with E-state index in [0.29, 0.717) is 30.0 Å². The molecule has 0 aromatic heterocycles. The lowest BCUT2D eigenvalue weighted by molar-refractivity contribution is -0.117. The molecule has 0 N–H and O–H groups in total. The Bertz CT molecular complexity index is 808. The fraction of sp³-hybridized carbons (Fsp3) is 0.300. The minimum atomic E-state index is -0.511. The van der Waals surface area contributed by atoms with Crippen molar-refractivity contribution >= 4 is 17.6 Å². The third kappa shape index (κ3) is 4.39. The van der Waals surface area contributed by atoms with Gasteiger partial charge in [0.15, 0.2) is 0 Å². The summed E-state index contributed by atoms with van der Waals surface area (Å²) in [6.07, 6.45) is 0.841. The van der Waals surface area contributed by atoms with E-state index >= 15 is 0 Å². The number of benzene rings is 2. The van der Waals surface area contributed by atoms with Gasteiger partial charge in [-0.2, -0.15) is 0 Å². The second-order valence-corrected chi connectivity index (χ2v) is 6.18. The molecule has 5 nitrogen and oxygen atoms in total. The first-order valence-electron chi connectivity index (χ1n) is 8.53. The Morgan fingerprint density at radius 3 is 2.77 bits per heavy atom. The van der Waals surface area contributed by atoms with Gasteiger partial charge in [-0.25, -0.2) is 9.18 Å². The number of hydrogen-bond donors (Lipinski definition) is 0. The van der Waals surface area contributed by atoms with Crippen LogP contribution < -0.4 is 9.64 Å². The summed E-state index contributed by atoms with van der Waals surface area (Å²) in [5.41, 5.74) is 1.07. The van der Waals surface area contributed by atoms with E-state index in [0.717, 1.165) is 6.42 Å². The second-order valence-electron chi connectivity index (χ2n) is 6.18. The van der Waals surface area contributed by atoms with Crippen LogP contribution in [-0.2, 0) is 9.53 Å². The highest BCUT2D eigenvalue weighted by atomic mass is 19.1. The van der Waals surface area contributed by atoms with Gasteiger partial charge in [-0.15, -0.1) is 0 Å². The van der Waals surface area contributed by atoms with Crippen molar-refractivity contribution in [2.24, 2.45) is 0 Å². The van der Waals surface area contributed by atoms with Gasteiger partial charge in [0.2, 0.25) is 5.91 Å². The van der Waals surface area contributed by atoms with Gasteiger partial charge >= 0.3 is 5.97 Å². The molecule has 0 saturated carbocycles. The Morgan fingerprint density at radius 2 is 2.04 bits per heavy atom. The van der Waals surface area contributed by atoms with E-state index in [1.807, 2.05) is 0 Å². The van der Waals surface area contributed by atoms with E-state index in [9.17, 15) is 14.0 Å². The number of halogens is 1. The third-order valence-corrected chi connectivity index (χ3v) is 4.06. The summed E-state index contributed by atoms with van der Waals surface area (Å²) in [4.78, 5) is 25.8. The molecule has 0 radical (unpaired) electrons. The predicted molar refractivity (Wildman–Crippen MR) is 94.8 cm³/mol. The molecule has 2 aromatic carbocycles. The van der Waals surface area contributed by atoms with E-state index in [1.165, 1.54) is 12.1 Å². The number of carbonyl (C=O) groups excluding carboxylic acids is 2. The minimum absolute atomic E-state index is 0.0624. The van der Waals surface area contributed by atoms with E-state index in [1.54, 1.807) is 48.2 Å². The van der Waals surface area contributed by atoms with Crippen LogP contribution in [0.15, 0.2) is 48.5 Å². The van der Waals surface area contributed by atoms with Gasteiger partial charge in [0, 0.05) is 24.7 Å². The molecule has 0 bridgehead atoms. The highest BCUT2D eigenvalue weighted by Gasteiger charge is 2.22. The first-order chi connectivity index (χ1) is 12.5. The molecule has 136 valence electrons. The average molecular weight is 357 g/mol. The monoisotopic (exact) mass is 357 g/mol. The Labute approximate surface area is 151 Å². The van der Waals surface area contributed by atoms with Crippen LogP contribution in [0.4, 0.5) is 10.1 Å². The zero-order valence-electron chi connectivity index (χ0n) is 14.5. The van der Waals surface area contributed by atoms with Gasteiger partial charge in [0.1, 0.15) is 24.3 Å². The molecule has 1 heterocycles. The van der Waals surface area contributed by atoms with Gasteiger partial charge in [0.25, 0.3) is 0 Å². The van der Waals surface area contributed by atoms with E-state index in [4.69, 9.17) is 9.47 Å². The Balaban J connectivity index is 1.58. The quantitative estimate of drug-likeness (QED) is 0.742. The van der Waals surface area contributed by atoms with Crippen molar-refractivity contribution < 1.29 is 23.5 Å². The van der Waals surface area contributed by atoms with Gasteiger partial charge in [-0.3, -0.25) is 4.79 Å². The number of amides is 1. The molecule has 26 heavy (non-hydrogen) atoms. The molecule has 1 saturated heterocycles. The molecule has 6 heteroatoms. The Kier molecular flexibility index (Phi) is 5.51. The van der Waals surface area contributed by atoms with Crippen LogP contribution in [0.5, 0.6) is 5.75 Å². The maximum Gasteiger partial charge on any atom is 0.338 e. The highest BCUT2D eigenvalue weighted by Crippen LogP contribution is 2.22. The molecular weight excluding hydrogens is 337 g/mol. The summed E-state index contributed by atoms with van der Waals surface area (Å²) >= 11 is 0. The summed E-state index contributed by atoms with van der Waals surface area (Å²) in [5, 5.41) is 0. The fourth-order valence-electron chi connectivity index (χ4n) is 2.78. The van der Waals surface area contributed by atoms with E-state index < -0.39 is 12.1 Å². The summed E-state index contributed by atoms with van der Waals surface area (Å²) < 4.78 is 23.9. The first-order valence-corrected chi connectivity index (χ1v) is 8.53. The lowest BCUT2D eigenvalue weighted by Crippen LogP contribution is -2.25. The first kappa shape index (κ1) is 17.9. The normalized spacial score (nSPS) is 15.0. The number of nitrogens with zero attached hydrogens (tertiary/aromatic N) is 1. The molecule has 0 aliphatic carbocycles. The minimum Gasteiger partial charge on any atom is -0.490 e. The zero-order valence-corrected chi connectivity index (χ0v) is 14.5. The lowest BCUT2D eigenvalue weighted by atomic mass is 10.2. The molecule has 3 rings (SSSR count). The fourth-order valence-corrected chi connectivity index (χ4v) is 2.78. The molecule has 1 aliphatic rings. The third-order valence-electron chi connectivity index (χ3n) is 4.06. The predicted octanol–water partition coefficient (Wildman–Crippen LogP) is 3.58. The number of esters is 1. The van der Waals surface area contributed by atoms with Crippen LogP contribution in [0.2, 0.25) is 0 Å². The van der Waals surface area contributed by atoms with Gasteiger partial charge in [-0.1, -0.05) is 12.1 Å². The smallest absolute Gasteiger partial charge is 0.338 e. The number of ether oxygens (including phenoxy) is 2. The number of rotatable bonds is 6. The van der Waals surface area contributed by atoms with Crippen molar-refractivity contribution in [2.75, 3.05) is 18.1 Å². The molecule has 1 fully saturated rings. The van der Waals surface area contributed by atoms with Crippen molar-refractivity contribution in [2.45, 2.75) is 25.9 Å². The molecule has 1 aliphatic heterocycles. The lowest BCUT2D eigenvalue weighted by Gasteiger charge is -2.17. The van der Waals surface area contributed by atoms with Crippen LogP contribution in [0.25, 0.3) is 0 Å². The average Bonchev–Trinajstić information content (AvgIpc) is 3.06. The number of carbonyl (C=O) groups is 2. The molecule has 1 atom stereocenters. The van der Waals surface area contributed by atoms with Crippen molar-refractivity contribution in [3.8, 4) is 5.75 Å². The van der Waals surface area contributed by atoms with Gasteiger partial charge in [0.05, 0.1) is 5.56 Å². The van der Waals surface area contributed by atoms with Gasteiger partial charge in [-0.05, 0) is 43.7 Å². The summed E-state index contributed by atoms with van der Waals surface area (Å²) in [6, 6.07) is 12.6. The zero-order chi connectivity index (χ0) is 18.5. The van der Waals surface area contributed by atoms with Crippen molar-refractivity contribution in [1.82, 2.24) is 0 Å². The second kappa shape index (κ2) is 7.99. The van der Waals surface area contributed by atoms with E-state index in [2.05, 4.69) is 0 Å². The van der Waals surface area contributed by atoms with Crippen LogP contribution in [-0.4, -0.2) is 31.1 Å². The largest absolute Gasteiger partial charge is 0.490 e. The van der Waals surface area contributed by atoms with Crippen molar-refractivity contribution in [3.63, 3.8) is 0 Å². The van der Waals surface area contributed by atoms with Crippen LogP contribution in [0, 0.1) is 5.82 Å². The SMILES string of the molecule is CC(COc1cccc(F)c1)OC(=O)c1cccc(N2CCCC2=O)c1. The maximum atomic E-state index is 13.1. The standard InChI is InChI=1S/C20H20FNO4/c1-14(13-25-18-8-3-6-16(21)12-18)26-20(24)15-5-2-7-17(11-15)22-10-4-9-19(22)23/h2-3,5-8,11-12,14H,4,9-10,13H2,1H3. The topological polar surface area (TPSA) is 55.8 Å². The molecule has 0 spiro atoms. The Hall–Kier alpha value is -2.89. The summed E-state index contributed by atoms with van der Waals surface area (Å²) in [7, 11) is 0. The van der Waals surface area contributed by atoms with Crippen molar-refractivity contribution in [3.05, 3.63) is 59.9 Å². The van der Waals surface area contributed by atoms with Crippen LogP contribution in [0.3, 0.4) is 0 Å². The van der Waals surface area contributed by atoms with Crippen LogP contribution in [0.1, 0.15) is 30.1 Å². The molecule has 2 aromatic rings. The number of hydrogen-bond acceptors (Lipinski definition) is 4. The molecule has 1 unspecified atom stereocenters. The van der Waals surface area contributed by atoms with Gasteiger partial charge < -0.3 is 14.4 Å². The van der Waals surface area contributed by atoms with Crippen molar-refractivity contribution in [1.29, 1.82) is 0 Å². The number of anilines is 1. The molecular formula is C20H20FNO4. The molecule has 1 amide bonds.